The van der Waals surface area contributed by atoms with Crippen LogP contribution in [0.1, 0.15) is 142 Å². The number of rotatable bonds is 22. The third-order valence-electron chi connectivity index (χ3n) is 5.99. The Hall–Kier alpha value is 0.870. The van der Waals surface area contributed by atoms with Crippen LogP contribution in [0.3, 0.4) is 0 Å². The molecule has 0 rings (SSSR count). The predicted octanol–water partition coefficient (Wildman–Crippen LogP) is 4.11. The summed E-state index contributed by atoms with van der Waals surface area (Å²) in [7, 11) is -4.15. The Kier molecular flexibility index (Phi) is 25.4. The maximum absolute atomic E-state index is 11.4. The molecule has 0 saturated carbocycles. The summed E-state index contributed by atoms with van der Waals surface area (Å²) in [5, 5.41) is 9.33. The van der Waals surface area contributed by atoms with Crippen molar-refractivity contribution in [3.8, 4) is 0 Å². The third-order valence-corrected chi connectivity index (χ3v) is 7.28. The van der Waals surface area contributed by atoms with Crippen LogP contribution in [0.15, 0.2) is 0 Å². The third kappa shape index (κ3) is 22.1. The van der Waals surface area contributed by atoms with Crippen molar-refractivity contribution in [1.82, 2.24) is 0 Å². The molecular weight excluding hydrogens is 407 g/mol. The minimum absolute atomic E-state index is 0. The van der Waals surface area contributed by atoms with E-state index in [0.717, 1.165) is 70.6 Å². The molecule has 6 heteroatoms. The Morgan fingerprint density at radius 3 is 1.27 bits per heavy atom. The van der Waals surface area contributed by atoms with Crippen LogP contribution >= 0.6 is 0 Å². The van der Waals surface area contributed by atoms with Gasteiger partial charge in [0.25, 0.3) is 0 Å². The van der Waals surface area contributed by atoms with E-state index in [9.17, 15) is 18.1 Å². The standard InChI is InChI=1S/C24H50O4S.Na/c1-3-5-7-12-15-19-23(25)20-16-13-10-9-11-14-18-22-24(29(26,27)28)21-17-8-6-4-2;/h23-25H,3-22H2,1-2H3,(H,26,27,28);/q;+1/p-1. The van der Waals surface area contributed by atoms with E-state index in [1.54, 1.807) is 0 Å². The van der Waals surface area contributed by atoms with Crippen molar-refractivity contribution >= 4 is 10.1 Å². The van der Waals surface area contributed by atoms with Gasteiger partial charge in [-0.2, -0.15) is 0 Å². The molecule has 0 spiro atoms. The van der Waals surface area contributed by atoms with Crippen LogP contribution in [0, 0.1) is 0 Å². The molecule has 0 aromatic heterocycles. The number of aliphatic hydroxyl groups excluding tert-OH is 1. The predicted molar refractivity (Wildman–Crippen MR) is 123 cm³/mol. The quantitative estimate of drug-likeness (QED) is 0.151. The Balaban J connectivity index is 0. The molecule has 0 saturated heterocycles. The number of aliphatic hydroxyl groups is 1. The van der Waals surface area contributed by atoms with Gasteiger partial charge in [0.15, 0.2) is 0 Å². The van der Waals surface area contributed by atoms with Crippen LogP contribution in [0.4, 0.5) is 0 Å². The van der Waals surface area contributed by atoms with Crippen LogP contribution in [0.2, 0.25) is 0 Å². The average Bonchev–Trinajstić information content (AvgIpc) is 2.67. The van der Waals surface area contributed by atoms with Gasteiger partial charge in [-0.25, -0.2) is 8.42 Å². The monoisotopic (exact) mass is 456 g/mol. The number of unbranched alkanes of at least 4 members (excludes halogenated alkanes) is 13. The van der Waals surface area contributed by atoms with Crippen molar-refractivity contribution in [2.45, 2.75) is 154 Å². The molecule has 0 aliphatic heterocycles. The summed E-state index contributed by atoms with van der Waals surface area (Å²) in [6, 6.07) is 0. The fourth-order valence-electron chi connectivity index (χ4n) is 4.00. The van der Waals surface area contributed by atoms with Gasteiger partial charge in [0.2, 0.25) is 0 Å². The zero-order valence-corrected chi connectivity index (χ0v) is 23.2. The zero-order valence-electron chi connectivity index (χ0n) is 20.4. The summed E-state index contributed by atoms with van der Waals surface area (Å²) >= 11 is 0. The molecule has 2 atom stereocenters. The first-order valence-electron chi connectivity index (χ1n) is 12.5. The van der Waals surface area contributed by atoms with Gasteiger partial charge < -0.3 is 9.66 Å². The molecule has 0 fully saturated rings. The van der Waals surface area contributed by atoms with Crippen LogP contribution < -0.4 is 29.6 Å². The minimum Gasteiger partial charge on any atom is -0.748 e. The second-order valence-corrected chi connectivity index (χ2v) is 10.5. The molecule has 0 aromatic rings. The second kappa shape index (κ2) is 23.0. The molecule has 0 bridgehead atoms. The molecule has 0 amide bonds. The largest absolute Gasteiger partial charge is 1.00 e. The van der Waals surface area contributed by atoms with E-state index in [0.29, 0.717) is 12.8 Å². The fraction of sp³-hybridized carbons (Fsp3) is 1.00. The van der Waals surface area contributed by atoms with Crippen LogP contribution in [0.5, 0.6) is 0 Å². The van der Waals surface area contributed by atoms with Gasteiger partial charge in [-0.1, -0.05) is 117 Å². The van der Waals surface area contributed by atoms with Crippen LogP contribution in [-0.4, -0.2) is 29.4 Å². The minimum atomic E-state index is -4.15. The van der Waals surface area contributed by atoms with E-state index < -0.39 is 15.4 Å². The average molecular weight is 457 g/mol. The molecule has 2 unspecified atom stereocenters. The Morgan fingerprint density at radius 2 is 0.900 bits per heavy atom. The fourth-order valence-corrected chi connectivity index (χ4v) is 4.91. The molecule has 0 aliphatic carbocycles. The Labute approximate surface area is 210 Å². The van der Waals surface area contributed by atoms with Gasteiger partial charge in [-0.05, 0) is 25.7 Å². The van der Waals surface area contributed by atoms with Crippen molar-refractivity contribution in [2.24, 2.45) is 0 Å². The van der Waals surface area contributed by atoms with E-state index in [1.807, 2.05) is 0 Å². The first-order chi connectivity index (χ1) is 13.9. The summed E-state index contributed by atoms with van der Waals surface area (Å²) in [6.07, 6.45) is 20.8. The van der Waals surface area contributed by atoms with Crippen LogP contribution in [-0.2, 0) is 10.1 Å². The van der Waals surface area contributed by atoms with Gasteiger partial charge in [0.1, 0.15) is 0 Å². The van der Waals surface area contributed by atoms with E-state index >= 15 is 0 Å². The second-order valence-electron chi connectivity index (χ2n) is 8.87. The topological polar surface area (TPSA) is 77.4 Å². The summed E-state index contributed by atoms with van der Waals surface area (Å²) in [5.74, 6) is 0. The molecule has 30 heavy (non-hydrogen) atoms. The summed E-state index contributed by atoms with van der Waals surface area (Å²) in [6.45, 7) is 4.34. The summed E-state index contributed by atoms with van der Waals surface area (Å²) in [5.41, 5.74) is 0. The normalized spacial score (nSPS) is 13.7. The smallest absolute Gasteiger partial charge is 0.748 e. The SMILES string of the molecule is CCCCCCCC(O)CCCCCCCCCC(CCCCCC)S(=O)(=O)[O-].[Na+]. The van der Waals surface area contributed by atoms with E-state index in [-0.39, 0.29) is 35.7 Å². The van der Waals surface area contributed by atoms with Gasteiger partial charge in [-0.3, -0.25) is 0 Å². The summed E-state index contributed by atoms with van der Waals surface area (Å²) in [4.78, 5) is 0. The Bertz CT molecular complexity index is 442. The summed E-state index contributed by atoms with van der Waals surface area (Å²) < 4.78 is 34.3. The Morgan fingerprint density at radius 1 is 0.600 bits per heavy atom. The molecule has 0 aromatic carbocycles. The molecule has 0 aliphatic rings. The van der Waals surface area contributed by atoms with E-state index in [4.69, 9.17) is 0 Å². The number of hydrogen-bond donors (Lipinski definition) is 1. The molecule has 0 heterocycles. The first-order valence-corrected chi connectivity index (χ1v) is 14.0. The maximum Gasteiger partial charge on any atom is 1.00 e. The molecule has 176 valence electrons. The van der Waals surface area contributed by atoms with Gasteiger partial charge in [-0.15, -0.1) is 0 Å². The van der Waals surface area contributed by atoms with Gasteiger partial charge >= 0.3 is 29.6 Å². The van der Waals surface area contributed by atoms with Crippen molar-refractivity contribution in [3.05, 3.63) is 0 Å². The van der Waals surface area contributed by atoms with Crippen molar-refractivity contribution in [2.75, 3.05) is 0 Å². The van der Waals surface area contributed by atoms with Crippen molar-refractivity contribution in [1.29, 1.82) is 0 Å². The van der Waals surface area contributed by atoms with Gasteiger partial charge in [0, 0.05) is 5.25 Å². The molecular formula is C24H49NaO4S. The molecule has 4 nitrogen and oxygen atoms in total. The zero-order chi connectivity index (χ0) is 21.8. The van der Waals surface area contributed by atoms with E-state index in [1.165, 1.54) is 44.9 Å². The van der Waals surface area contributed by atoms with Crippen LogP contribution in [0.25, 0.3) is 0 Å². The molecule has 0 radical (unpaired) electrons. The first kappa shape index (κ1) is 33.0. The van der Waals surface area contributed by atoms with Gasteiger partial charge in [0.05, 0.1) is 16.2 Å². The molecule has 1 N–H and O–H groups in total. The van der Waals surface area contributed by atoms with Crippen molar-refractivity contribution in [3.63, 3.8) is 0 Å². The van der Waals surface area contributed by atoms with E-state index in [2.05, 4.69) is 13.8 Å². The van der Waals surface area contributed by atoms with Crippen molar-refractivity contribution < 1.29 is 47.6 Å². The maximum atomic E-state index is 11.4. The number of hydrogen-bond acceptors (Lipinski definition) is 4.